The Balaban J connectivity index is 1.28. The van der Waals surface area contributed by atoms with E-state index >= 15 is 0 Å². The highest BCUT2D eigenvalue weighted by molar-refractivity contribution is 5.97. The van der Waals surface area contributed by atoms with Gasteiger partial charge >= 0.3 is 6.03 Å². The highest BCUT2D eigenvalue weighted by atomic mass is 16.2. The fraction of sp³-hybridized carbons (Fsp3) is 0.850. The molecule has 0 aromatic heterocycles. The number of hydrogen-bond donors (Lipinski definition) is 3. The van der Waals surface area contributed by atoms with Crippen LogP contribution in [0, 0.1) is 23.7 Å². The molecule has 0 aromatic rings. The Morgan fingerprint density at radius 1 is 1.00 bits per heavy atom. The number of piperidine rings is 1. The molecule has 1 saturated heterocycles. The molecule has 5 fully saturated rings. The van der Waals surface area contributed by atoms with Crippen molar-refractivity contribution in [3.05, 3.63) is 0 Å². The normalized spacial score (nSPS) is 37.0. The number of carbonyl (C=O) groups excluding carboxylic acids is 3. The van der Waals surface area contributed by atoms with Crippen molar-refractivity contribution in [2.45, 2.75) is 69.9 Å². The Kier molecular flexibility index (Phi) is 4.91. The smallest absolute Gasteiger partial charge is 0.321 e. The Hall–Kier alpha value is -1.63. The second kappa shape index (κ2) is 7.08. The molecular formula is C20H32N4O3. The third kappa shape index (κ3) is 3.84. The molecule has 1 heterocycles. The molecule has 7 heteroatoms. The third-order valence-corrected chi connectivity index (χ3v) is 7.51. The summed E-state index contributed by atoms with van der Waals surface area (Å²) in [5.41, 5.74) is 5.27. The predicted octanol–water partition coefficient (Wildman–Crippen LogP) is 1.37. The number of carbonyl (C=O) groups is 3. The fourth-order valence-electron chi connectivity index (χ4n) is 6.49. The van der Waals surface area contributed by atoms with Crippen LogP contribution in [0.25, 0.3) is 0 Å². The predicted molar refractivity (Wildman–Crippen MR) is 101 cm³/mol. The molecular weight excluding hydrogens is 344 g/mol. The first kappa shape index (κ1) is 18.7. The van der Waals surface area contributed by atoms with Crippen LogP contribution in [0.5, 0.6) is 0 Å². The fourth-order valence-corrected chi connectivity index (χ4v) is 6.49. The van der Waals surface area contributed by atoms with Crippen molar-refractivity contribution in [2.75, 3.05) is 13.1 Å². The SMILES string of the molecule is C[C@H](C(=O)NC(=O)NC12CC3CC(CC(C3)C1)C2)N1CCC(C(N)=O)CC1. The number of nitrogens with one attached hydrogen (secondary N) is 2. The summed E-state index contributed by atoms with van der Waals surface area (Å²) in [5, 5.41) is 5.75. The van der Waals surface area contributed by atoms with Gasteiger partial charge in [0, 0.05) is 11.5 Å². The van der Waals surface area contributed by atoms with Crippen LogP contribution in [0.4, 0.5) is 4.79 Å². The van der Waals surface area contributed by atoms with Crippen molar-refractivity contribution in [2.24, 2.45) is 29.4 Å². The third-order valence-electron chi connectivity index (χ3n) is 7.51. The van der Waals surface area contributed by atoms with Gasteiger partial charge in [-0.2, -0.15) is 0 Å². The van der Waals surface area contributed by atoms with E-state index in [0.717, 1.165) is 37.0 Å². The van der Waals surface area contributed by atoms with Crippen LogP contribution in [0.2, 0.25) is 0 Å². The summed E-state index contributed by atoms with van der Waals surface area (Å²) in [5.74, 6) is 1.61. The Morgan fingerprint density at radius 2 is 1.52 bits per heavy atom. The molecule has 5 rings (SSSR count). The highest BCUT2D eigenvalue weighted by Crippen LogP contribution is 2.55. The monoisotopic (exact) mass is 376 g/mol. The molecule has 150 valence electrons. The number of urea groups is 1. The molecule has 5 aliphatic rings. The van der Waals surface area contributed by atoms with Gasteiger partial charge in [-0.3, -0.25) is 19.8 Å². The number of nitrogens with zero attached hydrogens (tertiary/aromatic N) is 1. The largest absolute Gasteiger partial charge is 0.369 e. The van der Waals surface area contributed by atoms with E-state index in [4.69, 9.17) is 5.73 Å². The first-order valence-corrected chi connectivity index (χ1v) is 10.5. The van der Waals surface area contributed by atoms with E-state index < -0.39 is 0 Å². The van der Waals surface area contributed by atoms with Crippen LogP contribution in [0.3, 0.4) is 0 Å². The lowest BCUT2D eigenvalue weighted by Gasteiger charge is -2.56. The van der Waals surface area contributed by atoms with Gasteiger partial charge in [0.1, 0.15) is 0 Å². The van der Waals surface area contributed by atoms with Crippen LogP contribution < -0.4 is 16.4 Å². The van der Waals surface area contributed by atoms with Crippen molar-refractivity contribution in [1.82, 2.24) is 15.5 Å². The summed E-state index contributed by atoms with van der Waals surface area (Å²) < 4.78 is 0. The van der Waals surface area contributed by atoms with Crippen molar-refractivity contribution in [1.29, 1.82) is 0 Å². The average Bonchev–Trinajstić information content (AvgIpc) is 2.59. The number of nitrogens with two attached hydrogens (primary N) is 1. The van der Waals surface area contributed by atoms with Crippen molar-refractivity contribution in [3.8, 4) is 0 Å². The zero-order valence-corrected chi connectivity index (χ0v) is 16.2. The minimum Gasteiger partial charge on any atom is -0.369 e. The van der Waals surface area contributed by atoms with Crippen LogP contribution in [0.15, 0.2) is 0 Å². The summed E-state index contributed by atoms with van der Waals surface area (Å²) in [7, 11) is 0. The lowest BCUT2D eigenvalue weighted by molar-refractivity contribution is -0.126. The average molecular weight is 377 g/mol. The van der Waals surface area contributed by atoms with Crippen molar-refractivity contribution < 1.29 is 14.4 Å². The highest BCUT2D eigenvalue weighted by Gasteiger charge is 2.51. The van der Waals surface area contributed by atoms with Gasteiger partial charge in [-0.05, 0) is 89.1 Å². The lowest BCUT2D eigenvalue weighted by atomic mass is 9.53. The molecule has 4 N–H and O–H groups in total. The zero-order chi connectivity index (χ0) is 19.2. The molecule has 4 aliphatic carbocycles. The molecule has 0 aromatic carbocycles. The molecule has 1 aliphatic heterocycles. The minimum atomic E-state index is -0.388. The van der Waals surface area contributed by atoms with Gasteiger partial charge in [-0.25, -0.2) is 4.79 Å². The standard InChI is InChI=1S/C20H32N4O3/c1-12(24-4-2-16(3-5-24)17(21)25)18(26)22-19(27)23-20-9-13-6-14(10-20)8-15(7-13)11-20/h12-16H,2-11H2,1H3,(H2,21,25)(H2,22,23,26,27)/t12-,13?,14?,15?,20?/m1/s1. The number of likely N-dealkylation sites (tertiary alicyclic amines) is 1. The van der Waals surface area contributed by atoms with Crippen LogP contribution >= 0.6 is 0 Å². The summed E-state index contributed by atoms with van der Waals surface area (Å²) >= 11 is 0. The molecule has 0 spiro atoms. The van der Waals surface area contributed by atoms with Crippen molar-refractivity contribution >= 4 is 17.8 Å². The summed E-state index contributed by atoms with van der Waals surface area (Å²) in [6.45, 7) is 3.12. The van der Waals surface area contributed by atoms with Gasteiger partial charge in [0.2, 0.25) is 11.8 Å². The van der Waals surface area contributed by atoms with Gasteiger partial charge in [0.15, 0.2) is 0 Å². The summed E-state index contributed by atoms with van der Waals surface area (Å²) in [4.78, 5) is 38.4. The van der Waals surface area contributed by atoms with E-state index in [0.29, 0.717) is 25.9 Å². The van der Waals surface area contributed by atoms with Gasteiger partial charge < -0.3 is 11.1 Å². The lowest BCUT2D eigenvalue weighted by Crippen LogP contribution is -2.62. The molecule has 4 amide bonds. The summed E-state index contributed by atoms with van der Waals surface area (Å²) in [6.07, 6.45) is 8.50. The second-order valence-electron chi connectivity index (χ2n) is 9.53. The molecule has 4 saturated carbocycles. The quantitative estimate of drug-likeness (QED) is 0.689. The maximum Gasteiger partial charge on any atom is 0.321 e. The molecule has 7 nitrogen and oxygen atoms in total. The maximum absolute atomic E-state index is 12.5. The van der Waals surface area contributed by atoms with Gasteiger partial charge in [0.25, 0.3) is 0 Å². The van der Waals surface area contributed by atoms with E-state index in [1.807, 2.05) is 11.8 Å². The van der Waals surface area contributed by atoms with Crippen molar-refractivity contribution in [3.63, 3.8) is 0 Å². The number of primary amides is 1. The van der Waals surface area contributed by atoms with Gasteiger partial charge in [0.05, 0.1) is 6.04 Å². The molecule has 1 atom stereocenters. The number of hydrogen-bond acceptors (Lipinski definition) is 4. The Bertz CT molecular complexity index is 591. The van der Waals surface area contributed by atoms with Crippen LogP contribution in [-0.2, 0) is 9.59 Å². The van der Waals surface area contributed by atoms with Crippen LogP contribution in [-0.4, -0.2) is 47.4 Å². The topological polar surface area (TPSA) is 105 Å². The molecule has 0 radical (unpaired) electrons. The van der Waals surface area contributed by atoms with E-state index in [2.05, 4.69) is 10.6 Å². The zero-order valence-electron chi connectivity index (χ0n) is 16.2. The molecule has 4 bridgehead atoms. The number of rotatable bonds is 4. The second-order valence-corrected chi connectivity index (χ2v) is 9.53. The molecule has 0 unspecified atom stereocenters. The van der Waals surface area contributed by atoms with Gasteiger partial charge in [-0.1, -0.05) is 0 Å². The van der Waals surface area contributed by atoms with E-state index in [9.17, 15) is 14.4 Å². The minimum absolute atomic E-state index is 0.0951. The number of imide groups is 1. The van der Waals surface area contributed by atoms with Crippen LogP contribution in [0.1, 0.15) is 58.3 Å². The molecule has 27 heavy (non-hydrogen) atoms. The van der Waals surface area contributed by atoms with E-state index in [-0.39, 0.29) is 35.3 Å². The Morgan fingerprint density at radius 3 is 2.00 bits per heavy atom. The van der Waals surface area contributed by atoms with E-state index in [1.54, 1.807) is 0 Å². The Labute approximate surface area is 160 Å². The van der Waals surface area contributed by atoms with E-state index in [1.165, 1.54) is 19.3 Å². The summed E-state index contributed by atoms with van der Waals surface area (Å²) in [6, 6.07) is -0.734. The van der Waals surface area contributed by atoms with Gasteiger partial charge in [-0.15, -0.1) is 0 Å². The maximum atomic E-state index is 12.5. The first-order valence-electron chi connectivity index (χ1n) is 10.5. The first-order chi connectivity index (χ1) is 12.8. The number of amides is 4.